The first-order chi connectivity index (χ1) is 9.47. The monoisotopic (exact) mass is 277 g/mol. The third-order valence-corrected chi connectivity index (χ3v) is 2.45. The quantitative estimate of drug-likeness (QED) is 0.622. The van der Waals surface area contributed by atoms with Crippen LogP contribution in [0.25, 0.3) is 0 Å². The minimum Gasteiger partial charge on any atom is -0.384 e. The molecule has 2 aromatic heterocycles. The van der Waals surface area contributed by atoms with Gasteiger partial charge < -0.3 is 15.6 Å². The lowest BCUT2D eigenvalue weighted by Crippen LogP contribution is -2.24. The van der Waals surface area contributed by atoms with Crippen molar-refractivity contribution < 1.29 is 14.2 Å². The third-order valence-electron chi connectivity index (χ3n) is 2.45. The van der Waals surface area contributed by atoms with E-state index < -0.39 is 16.5 Å². The average molecular weight is 277 g/mol. The fourth-order valence-electron chi connectivity index (χ4n) is 1.56. The van der Waals surface area contributed by atoms with E-state index in [0.717, 1.165) is 12.3 Å². The molecule has 0 aliphatic rings. The molecule has 0 aromatic carbocycles. The molecular formula is C11H11N5O4. The van der Waals surface area contributed by atoms with Gasteiger partial charge in [0.15, 0.2) is 0 Å². The van der Waals surface area contributed by atoms with Crippen molar-refractivity contribution >= 4 is 17.4 Å². The molecule has 0 fully saturated rings. The highest BCUT2D eigenvalue weighted by molar-refractivity contribution is 5.98. The highest BCUT2D eigenvalue weighted by atomic mass is 16.6. The summed E-state index contributed by atoms with van der Waals surface area (Å²) in [6.07, 6.45) is 0.949. The Labute approximate surface area is 112 Å². The summed E-state index contributed by atoms with van der Waals surface area (Å²) < 4.78 is 4.84. The summed E-state index contributed by atoms with van der Waals surface area (Å²) in [5.74, 6) is -0.00197. The fraction of sp³-hybridized carbons (Fsp3) is 0.182. The molecule has 9 heteroatoms. The zero-order valence-corrected chi connectivity index (χ0v) is 10.5. The van der Waals surface area contributed by atoms with Crippen molar-refractivity contribution in [3.8, 4) is 0 Å². The van der Waals surface area contributed by atoms with Gasteiger partial charge in [0.1, 0.15) is 29.0 Å². The van der Waals surface area contributed by atoms with E-state index in [4.69, 9.17) is 10.3 Å². The molecule has 0 spiro atoms. The first-order valence-electron chi connectivity index (χ1n) is 5.57. The molecular weight excluding hydrogens is 266 g/mol. The summed E-state index contributed by atoms with van der Waals surface area (Å²) in [6, 6.07) is 2.80. The number of nitro groups is 1. The van der Waals surface area contributed by atoms with E-state index >= 15 is 0 Å². The lowest BCUT2D eigenvalue weighted by Gasteiger charge is -2.04. The second-order valence-electron chi connectivity index (χ2n) is 4.00. The third kappa shape index (κ3) is 2.88. The van der Waals surface area contributed by atoms with Crippen LogP contribution in [0.2, 0.25) is 0 Å². The number of aromatic nitrogens is 2. The van der Waals surface area contributed by atoms with Crippen molar-refractivity contribution in [3.05, 3.63) is 45.5 Å². The van der Waals surface area contributed by atoms with Crippen molar-refractivity contribution in [3.63, 3.8) is 0 Å². The van der Waals surface area contributed by atoms with Crippen LogP contribution in [-0.2, 0) is 6.54 Å². The SMILES string of the molecule is Cc1cc(CNC(=O)c2cc(N)ncc2[N+](=O)[O-])no1. The van der Waals surface area contributed by atoms with E-state index in [-0.39, 0.29) is 17.9 Å². The van der Waals surface area contributed by atoms with Crippen molar-refractivity contribution in [2.45, 2.75) is 13.5 Å². The van der Waals surface area contributed by atoms with E-state index in [1.54, 1.807) is 13.0 Å². The maximum Gasteiger partial charge on any atom is 0.300 e. The van der Waals surface area contributed by atoms with Gasteiger partial charge in [0.25, 0.3) is 11.6 Å². The van der Waals surface area contributed by atoms with Crippen LogP contribution in [0.3, 0.4) is 0 Å². The Kier molecular flexibility index (Phi) is 3.60. The van der Waals surface area contributed by atoms with Crippen molar-refractivity contribution in [1.82, 2.24) is 15.5 Å². The summed E-state index contributed by atoms with van der Waals surface area (Å²) >= 11 is 0. The normalized spacial score (nSPS) is 10.2. The van der Waals surface area contributed by atoms with Gasteiger partial charge in [0.05, 0.1) is 11.5 Å². The Bertz CT molecular complexity index is 667. The Morgan fingerprint density at radius 3 is 2.90 bits per heavy atom. The van der Waals surface area contributed by atoms with E-state index in [9.17, 15) is 14.9 Å². The van der Waals surface area contributed by atoms with E-state index in [1.165, 1.54) is 0 Å². The summed E-state index contributed by atoms with van der Waals surface area (Å²) in [7, 11) is 0. The van der Waals surface area contributed by atoms with Gasteiger partial charge in [-0.2, -0.15) is 0 Å². The molecule has 0 saturated heterocycles. The number of nitrogens with zero attached hydrogens (tertiary/aromatic N) is 3. The first kappa shape index (κ1) is 13.5. The first-order valence-corrected chi connectivity index (χ1v) is 5.57. The van der Waals surface area contributed by atoms with Crippen LogP contribution < -0.4 is 11.1 Å². The number of nitrogens with two attached hydrogens (primary N) is 1. The Morgan fingerprint density at radius 1 is 1.55 bits per heavy atom. The summed E-state index contributed by atoms with van der Waals surface area (Å²) in [5.41, 5.74) is 5.39. The number of carbonyl (C=O) groups excluding carboxylic acids is 1. The van der Waals surface area contributed by atoms with Crippen LogP contribution in [0.5, 0.6) is 0 Å². The van der Waals surface area contributed by atoms with Crippen LogP contribution in [0.1, 0.15) is 21.8 Å². The van der Waals surface area contributed by atoms with E-state index in [0.29, 0.717) is 11.5 Å². The second kappa shape index (κ2) is 5.34. The van der Waals surface area contributed by atoms with E-state index in [2.05, 4.69) is 15.5 Å². The molecule has 2 aromatic rings. The highest BCUT2D eigenvalue weighted by Crippen LogP contribution is 2.18. The number of aryl methyl sites for hydroxylation is 1. The van der Waals surface area contributed by atoms with Crippen molar-refractivity contribution in [1.29, 1.82) is 0 Å². The minimum absolute atomic E-state index is 0.0260. The molecule has 0 atom stereocenters. The van der Waals surface area contributed by atoms with Crippen LogP contribution >= 0.6 is 0 Å². The van der Waals surface area contributed by atoms with Gasteiger partial charge in [-0.25, -0.2) is 4.98 Å². The number of amides is 1. The molecule has 0 unspecified atom stereocenters. The molecule has 3 N–H and O–H groups in total. The Hall–Kier alpha value is -2.97. The standard InChI is InChI=1S/C11H11N5O4/c1-6-2-7(15-20-6)4-14-11(17)8-3-10(12)13-5-9(8)16(18)19/h2-3,5H,4H2,1H3,(H2,12,13)(H,14,17). The Morgan fingerprint density at radius 2 is 2.30 bits per heavy atom. The molecule has 2 heterocycles. The van der Waals surface area contributed by atoms with Crippen LogP contribution in [0.4, 0.5) is 11.5 Å². The molecule has 9 nitrogen and oxygen atoms in total. The number of anilines is 1. The molecule has 0 aliphatic carbocycles. The molecule has 0 saturated carbocycles. The predicted molar refractivity (Wildman–Crippen MR) is 67.7 cm³/mol. The maximum atomic E-state index is 11.9. The Balaban J connectivity index is 2.16. The molecule has 0 radical (unpaired) electrons. The number of nitrogens with one attached hydrogen (secondary N) is 1. The summed E-state index contributed by atoms with van der Waals surface area (Å²) in [5, 5.41) is 17.0. The average Bonchev–Trinajstić information content (AvgIpc) is 2.81. The molecule has 104 valence electrons. The molecule has 1 amide bonds. The van der Waals surface area contributed by atoms with Gasteiger partial charge in [-0.1, -0.05) is 5.16 Å². The van der Waals surface area contributed by atoms with Gasteiger partial charge in [0, 0.05) is 6.07 Å². The van der Waals surface area contributed by atoms with Crippen LogP contribution in [0, 0.1) is 17.0 Å². The molecule has 0 bridgehead atoms. The molecule has 2 rings (SSSR count). The summed E-state index contributed by atoms with van der Waals surface area (Å²) in [6.45, 7) is 1.81. The van der Waals surface area contributed by atoms with Crippen molar-refractivity contribution in [2.75, 3.05) is 5.73 Å². The van der Waals surface area contributed by atoms with Gasteiger partial charge in [-0.15, -0.1) is 0 Å². The lowest BCUT2D eigenvalue weighted by atomic mass is 10.2. The zero-order valence-electron chi connectivity index (χ0n) is 10.5. The zero-order chi connectivity index (χ0) is 14.7. The van der Waals surface area contributed by atoms with Crippen LogP contribution in [-0.4, -0.2) is 21.0 Å². The number of nitrogen functional groups attached to an aromatic ring is 1. The smallest absolute Gasteiger partial charge is 0.300 e. The largest absolute Gasteiger partial charge is 0.384 e. The maximum absolute atomic E-state index is 11.9. The molecule has 0 aliphatic heterocycles. The van der Waals surface area contributed by atoms with Crippen molar-refractivity contribution in [2.24, 2.45) is 0 Å². The number of rotatable bonds is 4. The number of carbonyl (C=O) groups is 1. The molecule has 20 heavy (non-hydrogen) atoms. The number of hydrogen-bond acceptors (Lipinski definition) is 7. The predicted octanol–water partition coefficient (Wildman–Crippen LogP) is 0.798. The van der Waals surface area contributed by atoms with E-state index in [1.807, 2.05) is 0 Å². The van der Waals surface area contributed by atoms with Gasteiger partial charge in [0.2, 0.25) is 0 Å². The minimum atomic E-state index is -0.693. The lowest BCUT2D eigenvalue weighted by molar-refractivity contribution is -0.385. The summed E-state index contributed by atoms with van der Waals surface area (Å²) in [4.78, 5) is 25.7. The topological polar surface area (TPSA) is 137 Å². The fourth-order valence-corrected chi connectivity index (χ4v) is 1.56. The number of hydrogen-bond donors (Lipinski definition) is 2. The van der Waals surface area contributed by atoms with Crippen LogP contribution in [0.15, 0.2) is 22.9 Å². The second-order valence-corrected chi connectivity index (χ2v) is 4.00. The van der Waals surface area contributed by atoms with Gasteiger partial charge >= 0.3 is 0 Å². The highest BCUT2D eigenvalue weighted by Gasteiger charge is 2.21. The number of pyridine rings is 1. The van der Waals surface area contributed by atoms with Gasteiger partial charge in [-0.05, 0) is 13.0 Å². The van der Waals surface area contributed by atoms with Gasteiger partial charge in [-0.3, -0.25) is 14.9 Å².